The molecular weight excluding hydrogens is 1010 g/mol. The number of rotatable bonds is 25. The van der Waals surface area contributed by atoms with Gasteiger partial charge in [-0.2, -0.15) is 5.10 Å². The molecule has 1 aliphatic heterocycles. The van der Waals surface area contributed by atoms with Crippen molar-refractivity contribution in [3.8, 4) is 34.2 Å². The van der Waals surface area contributed by atoms with E-state index in [0.717, 1.165) is 57.2 Å². The number of methoxy groups -OCH3 is 2. The van der Waals surface area contributed by atoms with E-state index in [1.807, 2.05) is 48.3 Å². The lowest BCUT2D eigenvalue weighted by molar-refractivity contribution is -0.163. The molecule has 8 rings (SSSR count). The minimum atomic E-state index is -1.35. The molecule has 2 heterocycles. The summed E-state index contributed by atoms with van der Waals surface area (Å²) in [5.41, 5.74) is 1.47. The van der Waals surface area contributed by atoms with Gasteiger partial charge in [-0.25, -0.2) is 9.48 Å². The average Bonchev–Trinajstić information content (AvgIpc) is 3.85. The maximum Gasteiger partial charge on any atom is 0.330 e. The number of benzene rings is 2. The number of aromatic nitrogens is 2. The molecule has 4 bridgehead atoms. The fourth-order valence-electron chi connectivity index (χ4n) is 12.5. The second-order valence-corrected chi connectivity index (χ2v) is 22.1. The van der Waals surface area contributed by atoms with E-state index in [1.165, 1.54) is 0 Å². The molecule has 0 spiro atoms. The highest BCUT2D eigenvalue weighted by molar-refractivity contribution is 5.98. The molecule has 0 unspecified atom stereocenters. The highest BCUT2D eigenvalue weighted by atomic mass is 16.5. The molecule has 428 valence electrons. The number of nitrogens with zero attached hydrogens (tertiary/aromatic N) is 8. The summed E-state index contributed by atoms with van der Waals surface area (Å²) in [5, 5.41) is 47.5. The number of carboxylic acid groups (broad SMARTS) is 4. The van der Waals surface area contributed by atoms with E-state index >= 15 is 0 Å². The van der Waals surface area contributed by atoms with Crippen molar-refractivity contribution in [3.63, 3.8) is 0 Å². The Kier molecular flexibility index (Phi) is 20.6. The Bertz CT molecular complexity index is 2510. The van der Waals surface area contributed by atoms with Crippen molar-refractivity contribution < 1.29 is 63.4 Å². The molecule has 5 fully saturated rings. The minimum Gasteiger partial charge on any atom is -0.496 e. The Morgan fingerprint density at radius 2 is 1.18 bits per heavy atom. The van der Waals surface area contributed by atoms with Crippen molar-refractivity contribution in [2.75, 3.05) is 133 Å². The third-order valence-electron chi connectivity index (χ3n) is 16.4. The Balaban J connectivity index is 0.954. The summed E-state index contributed by atoms with van der Waals surface area (Å²) in [5.74, 6) is -2.23. The van der Waals surface area contributed by atoms with Crippen LogP contribution >= 0.6 is 0 Å². The van der Waals surface area contributed by atoms with E-state index in [9.17, 15) is 49.2 Å². The maximum atomic E-state index is 14.5. The van der Waals surface area contributed by atoms with Crippen molar-refractivity contribution in [2.45, 2.75) is 70.3 Å². The van der Waals surface area contributed by atoms with Gasteiger partial charge in [0, 0.05) is 72.5 Å². The van der Waals surface area contributed by atoms with Gasteiger partial charge in [0.25, 0.3) is 5.91 Å². The zero-order valence-corrected chi connectivity index (χ0v) is 46.2. The molecule has 4 saturated carbocycles. The fourth-order valence-corrected chi connectivity index (χ4v) is 12.5. The molecule has 78 heavy (non-hydrogen) atoms. The quantitative estimate of drug-likeness (QED) is 0.0758. The number of hydrogen-bond acceptors (Lipinski definition) is 15. The Labute approximate surface area is 457 Å². The van der Waals surface area contributed by atoms with E-state index in [0.29, 0.717) is 118 Å². The molecule has 5 N–H and O–H groups in total. The molecular formula is C56H81N9O13. The summed E-state index contributed by atoms with van der Waals surface area (Å²) < 4.78 is 19.7. The number of carbonyl (C=O) groups excluding carboxylic acids is 2. The van der Waals surface area contributed by atoms with Gasteiger partial charge in [0.2, 0.25) is 5.91 Å². The molecule has 22 nitrogen and oxygen atoms in total. The van der Waals surface area contributed by atoms with Crippen LogP contribution in [-0.4, -0.2) is 234 Å². The van der Waals surface area contributed by atoms with Gasteiger partial charge < -0.3 is 49.8 Å². The van der Waals surface area contributed by atoms with Crippen LogP contribution in [0.5, 0.6) is 17.2 Å². The number of amides is 2. The number of nitrogens with one attached hydrogen (secondary N) is 1. The minimum absolute atomic E-state index is 0.00222. The highest BCUT2D eigenvalue weighted by Crippen LogP contribution is 2.58. The van der Waals surface area contributed by atoms with Crippen molar-refractivity contribution in [3.05, 3.63) is 53.7 Å². The van der Waals surface area contributed by atoms with Gasteiger partial charge in [-0.3, -0.25) is 43.6 Å². The Hall–Kier alpha value is -6.33. The summed E-state index contributed by atoms with van der Waals surface area (Å²) in [7, 11) is 6.91. The number of likely N-dealkylation sites (N-methyl/N-ethyl adjacent to an activating group) is 1. The predicted molar refractivity (Wildman–Crippen MR) is 290 cm³/mol. The zero-order chi connectivity index (χ0) is 56.3. The topological polar surface area (TPSA) is 260 Å². The Morgan fingerprint density at radius 1 is 0.679 bits per heavy atom. The van der Waals surface area contributed by atoms with Crippen LogP contribution in [0, 0.1) is 23.7 Å². The van der Waals surface area contributed by atoms with Crippen molar-refractivity contribution >= 4 is 35.7 Å². The smallest absolute Gasteiger partial charge is 0.330 e. The molecule has 2 aromatic carbocycles. The predicted octanol–water partition coefficient (Wildman–Crippen LogP) is 3.71. The second-order valence-electron chi connectivity index (χ2n) is 22.1. The lowest BCUT2D eigenvalue weighted by atomic mass is 9.48. The Morgan fingerprint density at radius 3 is 1.65 bits per heavy atom. The van der Waals surface area contributed by atoms with Gasteiger partial charge in [0.05, 0.1) is 64.0 Å². The lowest BCUT2D eigenvalue weighted by Crippen LogP contribution is -2.70. The summed E-state index contributed by atoms with van der Waals surface area (Å²) in [6.45, 7) is 8.49. The van der Waals surface area contributed by atoms with E-state index in [2.05, 4.69) is 24.1 Å². The normalized spacial score (nSPS) is 22.4. The molecule has 5 aliphatic rings. The first-order valence-electron chi connectivity index (χ1n) is 27.4. The monoisotopic (exact) mass is 1090 g/mol. The molecule has 22 heteroatoms. The van der Waals surface area contributed by atoms with Crippen LogP contribution in [0.15, 0.2) is 42.5 Å². The standard InChI is InChI=1S/C56H81N9O13/c1-37(2)43-31-42(78-25-9-15-59(3)14-8-16-60(4)49(66)33-61-17-19-62(34-50(67)68)21-23-64(36-52(71)72)24-22-63(20-18-61)35-51(69)70)12-13-45(43)65-46(53-47(76-5)10-7-11-48(53)77-6)32-44(58-65)54(73)57-56(55(74)75)40-27-38-26-39(29-40)30-41(56)28-38/h7,10-13,31-32,37-41H,8-9,14-30,33-36H2,1-6H3,(H,57,73)(H,67,68)(H,69,70)(H,71,72)(H,74,75). The van der Waals surface area contributed by atoms with E-state index in [4.69, 9.17) is 19.3 Å². The molecule has 1 saturated heterocycles. The van der Waals surface area contributed by atoms with Crippen molar-refractivity contribution in [1.82, 2.24) is 44.5 Å². The van der Waals surface area contributed by atoms with Crippen molar-refractivity contribution in [1.29, 1.82) is 0 Å². The third-order valence-corrected chi connectivity index (χ3v) is 16.4. The van der Waals surface area contributed by atoms with E-state index in [-0.39, 0.29) is 55.5 Å². The molecule has 0 atom stereocenters. The number of hydrogen-bond donors (Lipinski definition) is 5. The molecule has 2 amide bonds. The van der Waals surface area contributed by atoms with E-state index < -0.39 is 35.3 Å². The average molecular weight is 1090 g/mol. The van der Waals surface area contributed by atoms with Gasteiger partial charge in [0.15, 0.2) is 5.69 Å². The molecule has 1 aromatic heterocycles. The number of aliphatic carboxylic acids is 4. The SMILES string of the molecule is COc1cccc(OC)c1-c1cc(C(=O)NC2(C(=O)O)C3CC4CC(C3)CC2C4)nn1-c1ccc(OCCCN(C)CCCN(C)C(=O)CN2CCN(CC(=O)O)CCN(CC(=O)O)CCN(CC(=O)O)CC2)cc1C(C)C. The first kappa shape index (κ1) is 59.3. The summed E-state index contributed by atoms with van der Waals surface area (Å²) >= 11 is 0. The highest BCUT2D eigenvalue weighted by Gasteiger charge is 2.62. The summed E-state index contributed by atoms with van der Waals surface area (Å²) in [6.07, 6.45) is 5.79. The van der Waals surface area contributed by atoms with Crippen LogP contribution in [0.25, 0.3) is 16.9 Å². The van der Waals surface area contributed by atoms with Gasteiger partial charge in [-0.15, -0.1) is 0 Å². The van der Waals surface area contributed by atoms with Gasteiger partial charge in [-0.1, -0.05) is 19.9 Å². The van der Waals surface area contributed by atoms with Gasteiger partial charge in [-0.05, 0) is 130 Å². The first-order valence-corrected chi connectivity index (χ1v) is 27.4. The van der Waals surface area contributed by atoms with Crippen LogP contribution in [0.1, 0.15) is 80.8 Å². The largest absolute Gasteiger partial charge is 0.496 e. The number of carboxylic acids is 4. The summed E-state index contributed by atoms with van der Waals surface area (Å²) in [6, 6.07) is 12.9. The van der Waals surface area contributed by atoms with Crippen molar-refractivity contribution in [2.24, 2.45) is 23.7 Å². The van der Waals surface area contributed by atoms with Crippen LogP contribution in [0.4, 0.5) is 0 Å². The lowest BCUT2D eigenvalue weighted by Gasteiger charge is -2.59. The van der Waals surface area contributed by atoms with Crippen LogP contribution in [0.2, 0.25) is 0 Å². The maximum absolute atomic E-state index is 14.5. The van der Waals surface area contributed by atoms with Crippen LogP contribution < -0.4 is 19.5 Å². The fraction of sp³-hybridized carbons (Fsp3) is 0.625. The van der Waals surface area contributed by atoms with E-state index in [1.54, 1.807) is 51.6 Å². The third kappa shape index (κ3) is 14.9. The molecule has 3 aromatic rings. The number of ether oxygens (including phenoxy) is 3. The van der Waals surface area contributed by atoms with Crippen LogP contribution in [-0.2, 0) is 24.0 Å². The second kappa shape index (κ2) is 27.0. The molecule has 0 radical (unpaired) electrons. The molecule has 4 aliphatic carbocycles. The summed E-state index contributed by atoms with van der Waals surface area (Å²) in [4.78, 5) is 87.2. The first-order chi connectivity index (χ1) is 37.3. The van der Waals surface area contributed by atoms with Crippen LogP contribution in [0.3, 0.4) is 0 Å². The zero-order valence-electron chi connectivity index (χ0n) is 46.2. The number of carbonyl (C=O) groups is 6. The van der Waals surface area contributed by atoms with Gasteiger partial charge in [0.1, 0.15) is 22.8 Å². The van der Waals surface area contributed by atoms with Gasteiger partial charge >= 0.3 is 23.9 Å².